The monoisotopic (exact) mass is 219 g/mol. The molecule has 1 heterocycles. The molecule has 0 amide bonds. The van der Waals surface area contributed by atoms with Gasteiger partial charge in [-0.25, -0.2) is 0 Å². The van der Waals surface area contributed by atoms with Gasteiger partial charge in [0, 0.05) is 0 Å². The van der Waals surface area contributed by atoms with E-state index in [-0.39, 0.29) is 18.1 Å². The maximum absolute atomic E-state index is 11.7. The summed E-state index contributed by atoms with van der Waals surface area (Å²) in [6.07, 6.45) is 0. The third kappa shape index (κ3) is 2.61. The molecule has 1 aliphatic rings. The van der Waals surface area contributed by atoms with Gasteiger partial charge in [0.15, 0.2) is 0 Å². The molecule has 0 aliphatic carbocycles. The van der Waals surface area contributed by atoms with E-state index in [4.69, 9.17) is 4.74 Å². The third-order valence-corrected chi connectivity index (χ3v) is 2.40. The molecule has 16 heavy (non-hydrogen) atoms. The highest BCUT2D eigenvalue weighted by molar-refractivity contribution is 5.81. The predicted octanol–water partition coefficient (Wildman–Crippen LogP) is 2.04. The molecule has 1 saturated heterocycles. The Balaban J connectivity index is 1.95. The summed E-state index contributed by atoms with van der Waals surface area (Å²) in [4.78, 5) is 11.7. The normalized spacial score (nSPS) is 23.9. The van der Waals surface area contributed by atoms with Gasteiger partial charge in [-0.1, -0.05) is 30.3 Å². The molecule has 0 aromatic heterocycles. The summed E-state index contributed by atoms with van der Waals surface area (Å²) in [5.41, 5.74) is 0.723. The zero-order valence-electron chi connectivity index (χ0n) is 9.86. The van der Waals surface area contributed by atoms with E-state index in [9.17, 15) is 4.79 Å². The Morgan fingerprint density at radius 1 is 1.25 bits per heavy atom. The Hall–Kier alpha value is -1.35. The summed E-state index contributed by atoms with van der Waals surface area (Å²) in [5.74, 6) is -0.165. The van der Waals surface area contributed by atoms with Gasteiger partial charge in [-0.2, -0.15) is 0 Å². The zero-order chi connectivity index (χ0) is 11.8. The summed E-state index contributed by atoms with van der Waals surface area (Å²) >= 11 is 0. The fourth-order valence-electron chi connectivity index (χ4n) is 1.66. The first-order valence-corrected chi connectivity index (χ1v) is 5.51. The van der Waals surface area contributed by atoms with Crippen molar-refractivity contribution in [3.8, 4) is 0 Å². The topological polar surface area (TPSA) is 48.2 Å². The molecule has 3 nitrogen and oxygen atoms in total. The molecule has 0 saturated carbocycles. The minimum absolute atomic E-state index is 0.121. The highest BCUT2D eigenvalue weighted by Gasteiger charge is 2.45. The number of rotatable bonds is 2. The van der Waals surface area contributed by atoms with E-state index in [1.807, 2.05) is 51.1 Å². The van der Waals surface area contributed by atoms with Crippen LogP contribution in [-0.4, -0.2) is 17.6 Å². The molecule has 2 rings (SSSR count). The summed E-state index contributed by atoms with van der Waals surface area (Å²) in [6, 6.07) is 9.89. The van der Waals surface area contributed by atoms with Gasteiger partial charge in [0.2, 0.25) is 0 Å². The summed E-state index contributed by atoms with van der Waals surface area (Å²) in [5, 5.41) is 3.13. The number of hydrogen-bond donors (Lipinski definition) is 1. The SMILES string of the molecule is CC(C)(C)OC(=O)[C@H]1N[C@H]1c1ccccc1. The van der Waals surface area contributed by atoms with Crippen molar-refractivity contribution in [3.05, 3.63) is 35.9 Å². The van der Waals surface area contributed by atoms with Crippen molar-refractivity contribution in [2.75, 3.05) is 0 Å². The van der Waals surface area contributed by atoms with Crippen LogP contribution in [0.2, 0.25) is 0 Å². The zero-order valence-corrected chi connectivity index (χ0v) is 9.86. The van der Waals surface area contributed by atoms with E-state index >= 15 is 0 Å². The largest absolute Gasteiger partial charge is 0.459 e. The van der Waals surface area contributed by atoms with Crippen molar-refractivity contribution >= 4 is 5.97 Å². The standard InChI is InChI=1S/C13H17NO2/c1-13(2,3)16-12(15)11-10(14-11)9-7-5-4-6-8-9/h4-8,10-11,14H,1-3H3/t10-,11-/m0/s1. The average Bonchev–Trinajstić information content (AvgIpc) is 2.96. The minimum Gasteiger partial charge on any atom is -0.459 e. The molecule has 0 radical (unpaired) electrons. The van der Waals surface area contributed by atoms with Gasteiger partial charge < -0.3 is 4.74 Å². The first kappa shape index (κ1) is 11.1. The van der Waals surface area contributed by atoms with Crippen LogP contribution in [0, 0.1) is 0 Å². The van der Waals surface area contributed by atoms with Crippen molar-refractivity contribution in [2.45, 2.75) is 38.5 Å². The van der Waals surface area contributed by atoms with Crippen LogP contribution in [0.3, 0.4) is 0 Å². The van der Waals surface area contributed by atoms with Crippen LogP contribution in [0.1, 0.15) is 32.4 Å². The number of benzene rings is 1. The lowest BCUT2D eigenvalue weighted by molar-refractivity contribution is -0.154. The van der Waals surface area contributed by atoms with Crippen LogP contribution >= 0.6 is 0 Å². The minimum atomic E-state index is -0.414. The van der Waals surface area contributed by atoms with E-state index in [0.717, 1.165) is 5.56 Å². The average molecular weight is 219 g/mol. The second-order valence-corrected chi connectivity index (χ2v) is 5.07. The molecule has 1 aliphatic heterocycles. The number of nitrogens with one attached hydrogen (secondary N) is 1. The van der Waals surface area contributed by atoms with Crippen LogP contribution in [0.4, 0.5) is 0 Å². The third-order valence-electron chi connectivity index (χ3n) is 2.40. The Labute approximate surface area is 95.8 Å². The number of ether oxygens (including phenoxy) is 1. The lowest BCUT2D eigenvalue weighted by Gasteiger charge is -2.19. The summed E-state index contributed by atoms with van der Waals surface area (Å²) in [6.45, 7) is 5.64. The molecular formula is C13H17NO2. The fourth-order valence-corrected chi connectivity index (χ4v) is 1.66. The van der Waals surface area contributed by atoms with Gasteiger partial charge >= 0.3 is 5.97 Å². The molecule has 1 fully saturated rings. The van der Waals surface area contributed by atoms with Crippen molar-refractivity contribution in [3.63, 3.8) is 0 Å². The van der Waals surface area contributed by atoms with Crippen LogP contribution in [-0.2, 0) is 9.53 Å². The smallest absolute Gasteiger partial charge is 0.325 e. The lowest BCUT2D eigenvalue weighted by Crippen LogP contribution is -2.27. The molecule has 1 aromatic carbocycles. The number of carbonyl (C=O) groups excluding carboxylic acids is 1. The highest BCUT2D eigenvalue weighted by Crippen LogP contribution is 2.31. The molecule has 3 heteroatoms. The van der Waals surface area contributed by atoms with Gasteiger partial charge in [0.05, 0.1) is 6.04 Å². The van der Waals surface area contributed by atoms with E-state index in [2.05, 4.69) is 5.32 Å². The van der Waals surface area contributed by atoms with Crippen LogP contribution in [0.5, 0.6) is 0 Å². The second-order valence-electron chi connectivity index (χ2n) is 5.07. The highest BCUT2D eigenvalue weighted by atomic mass is 16.6. The molecule has 86 valence electrons. The van der Waals surface area contributed by atoms with Gasteiger partial charge in [-0.15, -0.1) is 0 Å². The summed E-state index contributed by atoms with van der Waals surface area (Å²) < 4.78 is 5.31. The van der Waals surface area contributed by atoms with Crippen LogP contribution in [0.25, 0.3) is 0 Å². The number of carbonyl (C=O) groups is 1. The van der Waals surface area contributed by atoms with Gasteiger partial charge in [-0.05, 0) is 26.3 Å². The maximum Gasteiger partial charge on any atom is 0.325 e. The molecule has 1 N–H and O–H groups in total. The van der Waals surface area contributed by atoms with Gasteiger partial charge in [-0.3, -0.25) is 10.1 Å². The molecule has 0 unspecified atom stereocenters. The van der Waals surface area contributed by atoms with Crippen LogP contribution in [0.15, 0.2) is 30.3 Å². The van der Waals surface area contributed by atoms with Crippen molar-refractivity contribution in [2.24, 2.45) is 0 Å². The molecular weight excluding hydrogens is 202 g/mol. The van der Waals surface area contributed by atoms with Crippen molar-refractivity contribution < 1.29 is 9.53 Å². The maximum atomic E-state index is 11.7. The van der Waals surface area contributed by atoms with Crippen LogP contribution < -0.4 is 5.32 Å². The van der Waals surface area contributed by atoms with E-state index in [0.29, 0.717) is 0 Å². The molecule has 0 bridgehead atoms. The predicted molar refractivity (Wildman–Crippen MR) is 62.0 cm³/mol. The lowest BCUT2D eigenvalue weighted by atomic mass is 10.1. The fraction of sp³-hybridized carbons (Fsp3) is 0.462. The van der Waals surface area contributed by atoms with Crippen molar-refractivity contribution in [1.82, 2.24) is 5.32 Å². The molecule has 1 aromatic rings. The molecule has 0 spiro atoms. The number of hydrogen-bond acceptors (Lipinski definition) is 3. The Morgan fingerprint density at radius 3 is 2.44 bits per heavy atom. The summed E-state index contributed by atoms with van der Waals surface area (Å²) in [7, 11) is 0. The van der Waals surface area contributed by atoms with E-state index in [1.165, 1.54) is 0 Å². The number of esters is 1. The Bertz CT molecular complexity index is 381. The quantitative estimate of drug-likeness (QED) is 0.611. The van der Waals surface area contributed by atoms with Gasteiger partial charge in [0.1, 0.15) is 11.6 Å². The second kappa shape index (κ2) is 3.91. The Kier molecular flexibility index (Phi) is 2.72. The van der Waals surface area contributed by atoms with E-state index in [1.54, 1.807) is 0 Å². The molecule has 2 atom stereocenters. The van der Waals surface area contributed by atoms with Crippen molar-refractivity contribution in [1.29, 1.82) is 0 Å². The first-order chi connectivity index (χ1) is 7.47. The van der Waals surface area contributed by atoms with Gasteiger partial charge in [0.25, 0.3) is 0 Å². The first-order valence-electron chi connectivity index (χ1n) is 5.51. The Morgan fingerprint density at radius 2 is 1.88 bits per heavy atom. The van der Waals surface area contributed by atoms with E-state index < -0.39 is 5.60 Å².